The van der Waals surface area contributed by atoms with Gasteiger partial charge in [0.25, 0.3) is 5.91 Å². The fraction of sp³-hybridized carbons (Fsp3) is 0.100. The Morgan fingerprint density at radius 1 is 1.13 bits per heavy atom. The molecule has 0 bridgehead atoms. The maximum Gasteiger partial charge on any atom is 0.278 e. The molecule has 0 radical (unpaired) electrons. The van der Waals surface area contributed by atoms with E-state index in [0.29, 0.717) is 5.69 Å². The number of rotatable bonds is 6. The summed E-state index contributed by atoms with van der Waals surface area (Å²) in [5.74, 6) is -2.94. The highest BCUT2D eigenvalue weighted by atomic mass is 32.2. The fourth-order valence-corrected chi connectivity index (χ4v) is 3.06. The van der Waals surface area contributed by atoms with E-state index in [9.17, 15) is 18.4 Å². The van der Waals surface area contributed by atoms with Gasteiger partial charge in [-0.05, 0) is 36.2 Å². The van der Waals surface area contributed by atoms with Crippen LogP contribution in [0.15, 0.2) is 47.5 Å². The van der Waals surface area contributed by atoms with Gasteiger partial charge in [0.1, 0.15) is 17.4 Å². The second-order valence-electron chi connectivity index (χ2n) is 6.19. The van der Waals surface area contributed by atoms with E-state index in [1.54, 1.807) is 24.3 Å². The number of carbonyl (C=O) groups excluding carboxylic acids is 2. The van der Waals surface area contributed by atoms with Gasteiger partial charge < -0.3 is 15.8 Å². The van der Waals surface area contributed by atoms with Crippen molar-refractivity contribution in [3.8, 4) is 17.0 Å². The summed E-state index contributed by atoms with van der Waals surface area (Å²) >= 11 is 1.13. The summed E-state index contributed by atoms with van der Waals surface area (Å²) in [6.07, 6.45) is 1.08. The lowest BCUT2D eigenvalue weighted by atomic mass is 10.1. The Bertz CT molecular complexity index is 1120. The minimum atomic E-state index is -0.922. The summed E-state index contributed by atoms with van der Waals surface area (Å²) in [5.41, 5.74) is 5.23. The molecule has 8 nitrogen and oxygen atoms in total. The molecule has 0 saturated carbocycles. The summed E-state index contributed by atoms with van der Waals surface area (Å²) in [6.45, 7) is 1.39. The number of nitrogens with zero attached hydrogens (tertiary/aromatic N) is 2. The van der Waals surface area contributed by atoms with Crippen molar-refractivity contribution in [3.63, 3.8) is 0 Å². The number of nitrogens with two attached hydrogens (primary N) is 1. The molecule has 4 N–H and O–H groups in total. The van der Waals surface area contributed by atoms with Crippen molar-refractivity contribution in [2.24, 2.45) is 0 Å². The number of aromatic nitrogens is 2. The molecule has 2 amide bonds. The third kappa shape index (κ3) is 5.25. The number of nitrogens with one attached hydrogen (secondary N) is 2. The molecule has 0 unspecified atom stereocenters. The van der Waals surface area contributed by atoms with Crippen molar-refractivity contribution in [2.45, 2.75) is 11.8 Å². The summed E-state index contributed by atoms with van der Waals surface area (Å²) in [7, 11) is 1.28. The van der Waals surface area contributed by atoms with Gasteiger partial charge in [-0.3, -0.25) is 14.3 Å². The molecule has 0 aliphatic carbocycles. The van der Waals surface area contributed by atoms with Gasteiger partial charge in [-0.1, -0.05) is 0 Å². The Morgan fingerprint density at radius 3 is 2.35 bits per heavy atom. The Kier molecular flexibility index (Phi) is 6.65. The molecule has 0 spiro atoms. The van der Waals surface area contributed by atoms with E-state index < -0.39 is 23.1 Å². The molecule has 0 fully saturated rings. The maximum atomic E-state index is 14.4. The van der Waals surface area contributed by atoms with E-state index in [2.05, 4.69) is 20.0 Å². The van der Waals surface area contributed by atoms with E-state index in [1.807, 2.05) is 0 Å². The van der Waals surface area contributed by atoms with Crippen LogP contribution in [0.3, 0.4) is 0 Å². The topological polar surface area (TPSA) is 119 Å². The SMILES string of the molecule is COc1cc(F)c(-c2cnc(N)c(C(=O)Nc3ccc(SNC(C)=O)cc3)n2)c(F)c1. The van der Waals surface area contributed by atoms with E-state index in [4.69, 9.17) is 10.5 Å². The highest BCUT2D eigenvalue weighted by Gasteiger charge is 2.20. The summed E-state index contributed by atoms with van der Waals surface area (Å²) < 4.78 is 36.1. The lowest BCUT2D eigenvalue weighted by Gasteiger charge is -2.10. The van der Waals surface area contributed by atoms with Crippen molar-refractivity contribution in [1.29, 1.82) is 0 Å². The van der Waals surface area contributed by atoms with Crippen molar-refractivity contribution in [1.82, 2.24) is 14.7 Å². The van der Waals surface area contributed by atoms with Gasteiger partial charge in [-0.25, -0.2) is 18.7 Å². The lowest BCUT2D eigenvalue weighted by molar-refractivity contribution is -0.117. The number of ether oxygens (including phenoxy) is 1. The van der Waals surface area contributed by atoms with Crippen LogP contribution in [-0.2, 0) is 4.79 Å². The first-order chi connectivity index (χ1) is 14.8. The lowest BCUT2D eigenvalue weighted by Crippen LogP contribution is -2.17. The summed E-state index contributed by atoms with van der Waals surface area (Å²) in [5, 5.41) is 2.59. The molecule has 1 aromatic heterocycles. The molecule has 1 heterocycles. The maximum absolute atomic E-state index is 14.4. The van der Waals surface area contributed by atoms with Crippen LogP contribution in [0.1, 0.15) is 17.4 Å². The van der Waals surface area contributed by atoms with Crippen molar-refractivity contribution < 1.29 is 23.1 Å². The monoisotopic (exact) mass is 445 g/mol. The summed E-state index contributed by atoms with van der Waals surface area (Å²) in [6, 6.07) is 8.58. The van der Waals surface area contributed by atoms with Gasteiger partial charge in [0.15, 0.2) is 11.5 Å². The predicted octanol–water partition coefficient (Wildman–Crippen LogP) is 3.41. The first-order valence-electron chi connectivity index (χ1n) is 8.79. The minimum absolute atomic E-state index is 0.000216. The Morgan fingerprint density at radius 2 is 1.77 bits per heavy atom. The standard InChI is InChI=1S/C20H17F2N5O3S/c1-10(28)27-31-13-5-3-11(4-6-13)25-20(29)18-19(23)24-9-16(26-18)17-14(21)7-12(30-2)8-15(17)22/h3-9H,1-2H3,(H2,23,24)(H,25,29)(H,27,28). The second-order valence-corrected chi connectivity index (χ2v) is 7.07. The number of benzene rings is 2. The van der Waals surface area contributed by atoms with Gasteiger partial charge in [-0.2, -0.15) is 0 Å². The predicted molar refractivity (Wildman–Crippen MR) is 112 cm³/mol. The van der Waals surface area contributed by atoms with Crippen molar-refractivity contribution in [2.75, 3.05) is 18.2 Å². The van der Waals surface area contributed by atoms with Crippen LogP contribution in [0.4, 0.5) is 20.3 Å². The first kappa shape index (κ1) is 22.0. The van der Waals surface area contributed by atoms with Crippen LogP contribution in [0.5, 0.6) is 5.75 Å². The highest BCUT2D eigenvalue weighted by molar-refractivity contribution is 7.98. The van der Waals surface area contributed by atoms with Crippen LogP contribution in [0.25, 0.3) is 11.3 Å². The van der Waals surface area contributed by atoms with E-state index >= 15 is 0 Å². The Hall–Kier alpha value is -3.73. The first-order valence-corrected chi connectivity index (χ1v) is 9.61. The van der Waals surface area contributed by atoms with Crippen LogP contribution >= 0.6 is 11.9 Å². The Balaban J connectivity index is 1.84. The van der Waals surface area contributed by atoms with Crippen molar-refractivity contribution in [3.05, 3.63) is 59.9 Å². The number of methoxy groups -OCH3 is 1. The van der Waals surface area contributed by atoms with Crippen LogP contribution < -0.4 is 20.5 Å². The van der Waals surface area contributed by atoms with Gasteiger partial charge >= 0.3 is 0 Å². The number of amides is 2. The van der Waals surface area contributed by atoms with Crippen LogP contribution in [0, 0.1) is 11.6 Å². The zero-order valence-electron chi connectivity index (χ0n) is 16.4. The van der Waals surface area contributed by atoms with E-state index in [1.165, 1.54) is 14.0 Å². The van der Waals surface area contributed by atoms with E-state index in [0.717, 1.165) is 35.2 Å². The van der Waals surface area contributed by atoms with Crippen LogP contribution in [0.2, 0.25) is 0 Å². The fourth-order valence-electron chi connectivity index (χ4n) is 2.53. The molecular formula is C20H17F2N5O3S. The zero-order valence-corrected chi connectivity index (χ0v) is 17.2. The third-order valence-electron chi connectivity index (χ3n) is 3.95. The normalized spacial score (nSPS) is 10.5. The molecule has 0 aliphatic heterocycles. The molecule has 3 rings (SSSR count). The number of hydrogen-bond acceptors (Lipinski definition) is 7. The molecule has 2 aromatic carbocycles. The third-order valence-corrected chi connectivity index (χ3v) is 4.85. The number of halogens is 2. The quantitative estimate of drug-likeness (QED) is 0.498. The summed E-state index contributed by atoms with van der Waals surface area (Å²) in [4.78, 5) is 32.2. The molecule has 3 aromatic rings. The Labute approximate surface area is 180 Å². The molecule has 11 heteroatoms. The van der Waals surface area contributed by atoms with E-state index in [-0.39, 0.29) is 28.9 Å². The van der Waals surface area contributed by atoms with Gasteiger partial charge in [0.2, 0.25) is 5.91 Å². The molecule has 31 heavy (non-hydrogen) atoms. The molecule has 0 saturated heterocycles. The largest absolute Gasteiger partial charge is 0.497 e. The number of anilines is 2. The van der Waals surface area contributed by atoms with Gasteiger partial charge in [-0.15, -0.1) is 0 Å². The smallest absolute Gasteiger partial charge is 0.278 e. The average molecular weight is 445 g/mol. The molecular weight excluding hydrogens is 428 g/mol. The zero-order chi connectivity index (χ0) is 22.5. The second kappa shape index (κ2) is 9.39. The molecule has 0 aliphatic rings. The van der Waals surface area contributed by atoms with Gasteiger partial charge in [0.05, 0.1) is 24.6 Å². The number of carbonyl (C=O) groups is 2. The number of hydrogen-bond donors (Lipinski definition) is 3. The molecule has 0 atom stereocenters. The highest BCUT2D eigenvalue weighted by Crippen LogP contribution is 2.29. The van der Waals surface area contributed by atoms with Crippen molar-refractivity contribution >= 4 is 35.3 Å². The average Bonchev–Trinajstić information content (AvgIpc) is 2.73. The van der Waals surface area contributed by atoms with Crippen LogP contribution in [-0.4, -0.2) is 28.9 Å². The molecule has 160 valence electrons. The van der Waals surface area contributed by atoms with Gasteiger partial charge in [0, 0.05) is 29.6 Å². The number of nitrogen functional groups attached to an aromatic ring is 1. The minimum Gasteiger partial charge on any atom is -0.497 e.